The smallest absolute Gasteiger partial charge is 0.616 e. The van der Waals surface area contributed by atoms with Gasteiger partial charge < -0.3 is 45.5 Å². The highest BCUT2D eigenvalue weighted by Gasteiger charge is 2.19. The van der Waals surface area contributed by atoms with Gasteiger partial charge in [0.25, 0.3) is 0 Å². The molecule has 18 nitrogen and oxygen atoms in total. The fourth-order valence-electron chi connectivity index (χ4n) is 14.0. The summed E-state index contributed by atoms with van der Waals surface area (Å²) in [6.07, 6.45) is 0. The fourth-order valence-corrected chi connectivity index (χ4v) is 17.7. The summed E-state index contributed by atoms with van der Waals surface area (Å²) < 4.78 is 69.8. The third-order valence-corrected chi connectivity index (χ3v) is 25.1. The number of hydrogen-bond acceptors (Lipinski definition) is 18. The van der Waals surface area contributed by atoms with Crippen LogP contribution < -0.4 is 45.5 Å². The molecule has 0 aliphatic carbocycles. The Balaban J connectivity index is 0.000000124. The van der Waals surface area contributed by atoms with Crippen molar-refractivity contribution in [3.8, 4) is 91.2 Å². The van der Waals surface area contributed by atoms with E-state index in [1.807, 2.05) is 377 Å². The van der Waals surface area contributed by atoms with Crippen LogP contribution in [0.4, 0.5) is 0 Å². The maximum Gasteiger partial charge on any atom is 0.881 e. The molecule has 6 radical (unpaired) electrons. The van der Waals surface area contributed by atoms with Crippen LogP contribution in [0.15, 0.2) is 394 Å². The lowest BCUT2D eigenvalue weighted by Gasteiger charge is -2.13. The van der Waals surface area contributed by atoms with E-state index in [1.54, 1.807) is 0 Å². The Morgan fingerprint density at radius 3 is 0.793 bits per heavy atom. The molecular weight excluding hydrogens is 1770 g/mol. The van der Waals surface area contributed by atoms with Gasteiger partial charge in [0.1, 0.15) is 67.6 Å². The highest BCUT2D eigenvalue weighted by atomic mass is 27.2. The summed E-state index contributed by atoms with van der Waals surface area (Å²) in [5.74, 6) is 9.65. The highest BCUT2D eigenvalue weighted by Crippen LogP contribution is 2.34. The van der Waals surface area contributed by atoms with Crippen molar-refractivity contribution in [3.63, 3.8) is 0 Å². The second-order valence-electron chi connectivity index (χ2n) is 31.1. The Bertz CT molecular complexity index is 7320. The molecule has 6 heterocycles. The molecule has 0 saturated heterocycles. The van der Waals surface area contributed by atoms with E-state index in [9.17, 15) is 0 Å². The summed E-state index contributed by atoms with van der Waals surface area (Å²) in [6.45, 7) is 18.0. The van der Waals surface area contributed by atoms with Crippen LogP contribution >= 0.6 is 0 Å². The van der Waals surface area contributed by atoms with Gasteiger partial charge in [-0.25, -0.2) is 29.9 Å². The molecule has 0 spiro atoms. The summed E-state index contributed by atoms with van der Waals surface area (Å²) >= 11 is -3.85. The summed E-state index contributed by atoms with van der Waals surface area (Å²) in [5, 5.41) is 6.44. The summed E-state index contributed by atoms with van der Waals surface area (Å²) in [7, 11) is 0. The molecule has 20 rings (SSSR count). The highest BCUT2D eigenvalue weighted by molar-refractivity contribution is 6.23. The number of para-hydroxylation sites is 9. The first-order valence-electron chi connectivity index (χ1n) is 43.7. The average Bonchev–Trinajstić information content (AvgIpc) is 0.834. The second-order valence-corrected chi connectivity index (χ2v) is 35.1. The van der Waals surface area contributed by atoms with E-state index in [0.29, 0.717) is 0 Å². The normalized spacial score (nSPS) is 10.4. The Kier molecular flexibility index (Phi) is 35.1. The van der Waals surface area contributed by atoms with Crippen molar-refractivity contribution in [1.29, 1.82) is 0 Å². The Morgan fingerprint density at radius 1 is 0.163 bits per heavy atom. The SMILES string of the molecule is Cc1ccc([O][Al][O]c2cccc3ccc(C)nc23)cc1.Cc1ccc2cccc([O][Al][O]c3cccc(-c4ccccc4)c3)c2n1.Cc1ccc2cccc([O][Al][O]c3ccccc3)c2n1.Cc1ccc2cccc([O][Al][O]c3ccccc3-c3ccccc3)c2n1.Cc1ccc2cccc([O][Al][O]c3ccccc3C)c2n1.Cc1cccc([O][Al][O]c2cccc3ccc(C)nc23)c1. The van der Waals surface area contributed by atoms with E-state index in [1.165, 1.54) is 16.7 Å². The number of aryl methyl sites for hydroxylation is 9. The van der Waals surface area contributed by atoms with E-state index in [4.69, 9.17) is 45.5 Å². The summed E-state index contributed by atoms with van der Waals surface area (Å²) in [4.78, 5) is 27.4. The zero-order valence-corrected chi connectivity index (χ0v) is 83.0. The molecule has 0 fully saturated rings. The average molecular weight is 1860 g/mol. The van der Waals surface area contributed by atoms with Gasteiger partial charge in [0.2, 0.25) is 0 Å². The summed E-state index contributed by atoms with van der Waals surface area (Å²) in [5.41, 5.74) is 19.2. The molecule has 0 saturated carbocycles. The van der Waals surface area contributed by atoms with Crippen molar-refractivity contribution in [3.05, 3.63) is 445 Å². The van der Waals surface area contributed by atoms with Crippen LogP contribution in [-0.4, -0.2) is 125 Å². The standard InChI is InChI=1S/2C12H10O.6C10H9NO.3C7H8O.C6H6O.6Al/c13-12-9-5-4-8-11(12)10-6-2-1-3-7-10;13-12-8-4-7-11(9-12)10-5-2-1-3-6-10;6*1-7-5-6-8-3-2-4-9(12)10(8)11-7;1-6-2-4-7(8)5-3-6;1-6-3-2-4-7(8)5-6;1-6-4-2-3-5-7(6)8;7-6-4-2-1-3-5-6;;;;;;/h2*1-9,13H;6*2-6,12H,1H3;3*2-5,8H,1H3;1-5,7H;;;;;;/q;;;;;;;;;;;;6*+2/p-12. The Hall–Kier alpha value is -13.7. The molecule has 14 aromatic carbocycles. The van der Waals surface area contributed by atoms with Crippen LogP contribution in [0, 0.1) is 62.3 Å². The number of hydrogen-bond donors (Lipinski definition) is 0. The van der Waals surface area contributed by atoms with Gasteiger partial charge in [-0.3, -0.25) is 0 Å². The molecule has 0 aliphatic heterocycles. The van der Waals surface area contributed by atoms with E-state index < -0.39 is 95.3 Å². The van der Waals surface area contributed by atoms with Gasteiger partial charge in [-0.15, -0.1) is 0 Å². The van der Waals surface area contributed by atoms with Gasteiger partial charge in [0, 0.05) is 72.0 Å². The third-order valence-electron chi connectivity index (χ3n) is 20.8. The zero-order chi connectivity index (χ0) is 93.3. The van der Waals surface area contributed by atoms with Crippen molar-refractivity contribution < 1.29 is 45.5 Å². The van der Waals surface area contributed by atoms with Crippen molar-refractivity contribution >= 4 is 161 Å². The van der Waals surface area contributed by atoms with Gasteiger partial charge in [-0.1, -0.05) is 266 Å². The molecule has 0 unspecified atom stereocenters. The van der Waals surface area contributed by atoms with E-state index in [0.717, 1.165) is 191 Å². The fraction of sp³-hybridized carbons (Fsp3) is 0.0811. The van der Waals surface area contributed by atoms with Crippen molar-refractivity contribution in [2.45, 2.75) is 62.3 Å². The van der Waals surface area contributed by atoms with Crippen LogP contribution in [-0.2, 0) is 0 Å². The number of rotatable bonds is 26. The van der Waals surface area contributed by atoms with E-state index in [-0.39, 0.29) is 0 Å². The quantitative estimate of drug-likeness (QED) is 0.0465. The first-order chi connectivity index (χ1) is 66.1. The number of nitrogens with zero attached hydrogens (tertiary/aromatic N) is 6. The maximum absolute atomic E-state index is 6.01. The lowest BCUT2D eigenvalue weighted by Crippen LogP contribution is -2.12. The number of pyridine rings is 6. The predicted molar refractivity (Wildman–Crippen MR) is 545 cm³/mol. The van der Waals surface area contributed by atoms with Gasteiger partial charge >= 0.3 is 95.3 Å². The maximum atomic E-state index is 6.01. The number of aromatic nitrogens is 6. The minimum atomic E-state index is -0.702. The van der Waals surface area contributed by atoms with E-state index in [2.05, 4.69) is 110 Å². The number of benzene rings is 14. The summed E-state index contributed by atoms with van der Waals surface area (Å²) in [6, 6.07) is 130. The molecule has 0 N–H and O–H groups in total. The van der Waals surface area contributed by atoms with Crippen LogP contribution in [0.2, 0.25) is 0 Å². The largest absolute Gasteiger partial charge is 0.881 e. The zero-order valence-electron chi connectivity index (χ0n) is 76.1. The topological polar surface area (TPSA) is 188 Å². The lowest BCUT2D eigenvalue weighted by atomic mass is 10.1. The van der Waals surface area contributed by atoms with Crippen molar-refractivity contribution in [2.75, 3.05) is 0 Å². The molecule has 24 heteroatoms. The van der Waals surface area contributed by atoms with Gasteiger partial charge in [-0.2, -0.15) is 0 Å². The molecule has 0 bridgehead atoms. The molecule has 656 valence electrons. The van der Waals surface area contributed by atoms with Crippen LogP contribution in [0.1, 0.15) is 50.9 Å². The molecular formula is C111H92Al6N6O12. The molecule has 0 aliphatic rings. The van der Waals surface area contributed by atoms with Gasteiger partial charge in [0.05, 0.1) is 34.5 Å². The van der Waals surface area contributed by atoms with Gasteiger partial charge in [0.15, 0.2) is 0 Å². The van der Waals surface area contributed by atoms with Crippen molar-refractivity contribution in [2.24, 2.45) is 0 Å². The lowest BCUT2D eigenvalue weighted by molar-refractivity contribution is 0.459. The molecule has 20 aromatic rings. The molecule has 0 atom stereocenters. The minimum Gasteiger partial charge on any atom is -0.616 e. The Labute approximate surface area is 827 Å². The monoisotopic (exact) mass is 1860 g/mol. The van der Waals surface area contributed by atoms with Crippen LogP contribution in [0.5, 0.6) is 69.0 Å². The number of fused-ring (bicyclic) bond motifs is 6. The third kappa shape index (κ3) is 28.2. The first-order valence-corrected chi connectivity index (χ1v) is 49.4. The first kappa shape index (κ1) is 95.9. The molecule has 6 aromatic heterocycles. The van der Waals surface area contributed by atoms with Gasteiger partial charge in [-0.05, 0) is 224 Å². The van der Waals surface area contributed by atoms with E-state index >= 15 is 0 Å². The van der Waals surface area contributed by atoms with Crippen LogP contribution in [0.3, 0.4) is 0 Å². The van der Waals surface area contributed by atoms with Crippen LogP contribution in [0.25, 0.3) is 87.7 Å². The predicted octanol–water partition coefficient (Wildman–Crippen LogP) is 25.5. The molecule has 135 heavy (non-hydrogen) atoms. The molecule has 0 amide bonds. The Morgan fingerprint density at radius 2 is 0.422 bits per heavy atom. The second kappa shape index (κ2) is 49.4. The minimum absolute atomic E-state index is 0.609. The van der Waals surface area contributed by atoms with Crippen molar-refractivity contribution in [1.82, 2.24) is 29.9 Å².